The van der Waals surface area contributed by atoms with Crippen molar-refractivity contribution >= 4 is 23.2 Å². The molecule has 2 heterocycles. The topological polar surface area (TPSA) is 65.1 Å². The lowest BCUT2D eigenvalue weighted by atomic mass is 10.1. The van der Waals surface area contributed by atoms with E-state index in [1.54, 1.807) is 4.90 Å². The number of piperazine rings is 1. The summed E-state index contributed by atoms with van der Waals surface area (Å²) < 4.78 is 44.7. The van der Waals surface area contributed by atoms with Crippen LogP contribution in [-0.2, 0) is 20.5 Å². The highest BCUT2D eigenvalue weighted by Gasteiger charge is 2.36. The number of hydrogen-bond acceptors (Lipinski definition) is 5. The van der Waals surface area contributed by atoms with Gasteiger partial charge in [-0.15, -0.1) is 0 Å². The minimum Gasteiger partial charge on any atom is -0.383 e. The number of alkyl halides is 3. The van der Waals surface area contributed by atoms with Crippen LogP contribution in [0.1, 0.15) is 12.0 Å². The van der Waals surface area contributed by atoms with Gasteiger partial charge in [-0.3, -0.25) is 9.59 Å². The molecule has 3 rings (SSSR count). The van der Waals surface area contributed by atoms with Crippen molar-refractivity contribution in [2.45, 2.75) is 12.6 Å². The normalized spacial score (nSPS) is 20.7. The smallest absolute Gasteiger partial charge is 0.383 e. The number of hydrogen-bond donors (Lipinski definition) is 1. The maximum Gasteiger partial charge on any atom is 0.416 e. The number of carbonyl (C=O) groups excluding carboxylic acids is 2. The molecule has 0 radical (unpaired) electrons. The van der Waals surface area contributed by atoms with Crippen molar-refractivity contribution in [2.75, 3.05) is 70.2 Å². The van der Waals surface area contributed by atoms with Crippen molar-refractivity contribution in [3.05, 3.63) is 23.8 Å². The molecule has 0 spiro atoms. The summed E-state index contributed by atoms with van der Waals surface area (Å²) in [5.41, 5.74) is -0.132. The number of carbonyl (C=O) groups is 2. The highest BCUT2D eigenvalue weighted by Crippen LogP contribution is 2.36. The maximum atomic E-state index is 13.3. The van der Waals surface area contributed by atoms with Gasteiger partial charge in [0.05, 0.1) is 29.5 Å². The lowest BCUT2D eigenvalue weighted by Crippen LogP contribution is -2.44. The van der Waals surface area contributed by atoms with Gasteiger partial charge in [-0.25, -0.2) is 0 Å². The van der Waals surface area contributed by atoms with Gasteiger partial charge in [0.1, 0.15) is 0 Å². The molecule has 2 saturated heterocycles. The van der Waals surface area contributed by atoms with Gasteiger partial charge in [0.2, 0.25) is 11.8 Å². The lowest BCUT2D eigenvalue weighted by Gasteiger charge is -2.35. The third kappa shape index (κ3) is 5.23. The highest BCUT2D eigenvalue weighted by atomic mass is 19.4. The third-order valence-corrected chi connectivity index (χ3v) is 5.58. The van der Waals surface area contributed by atoms with E-state index < -0.39 is 23.6 Å². The van der Waals surface area contributed by atoms with Crippen LogP contribution in [0.4, 0.5) is 24.5 Å². The monoisotopic (exact) mass is 428 g/mol. The van der Waals surface area contributed by atoms with Gasteiger partial charge >= 0.3 is 6.18 Å². The predicted octanol–water partition coefficient (Wildman–Crippen LogP) is 1.89. The first kappa shape index (κ1) is 22.4. The van der Waals surface area contributed by atoms with Gasteiger partial charge in [0.25, 0.3) is 0 Å². The minimum atomic E-state index is -4.51. The summed E-state index contributed by atoms with van der Waals surface area (Å²) in [4.78, 5) is 30.6. The molecule has 30 heavy (non-hydrogen) atoms. The van der Waals surface area contributed by atoms with E-state index in [2.05, 4.69) is 10.2 Å². The standard InChI is InChI=1S/C20H27F3N4O3/c1-25-5-7-26(8-6-25)17-4-3-15(20(21,22)23)12-16(17)24-19(29)14-11-18(28)27(13-14)9-10-30-2/h3-4,12,14H,5-11,13H2,1-2H3,(H,24,29). The molecule has 0 saturated carbocycles. The largest absolute Gasteiger partial charge is 0.416 e. The van der Waals surface area contributed by atoms with Gasteiger partial charge in [-0.1, -0.05) is 0 Å². The molecule has 10 heteroatoms. The third-order valence-electron chi connectivity index (χ3n) is 5.58. The summed E-state index contributed by atoms with van der Waals surface area (Å²) in [6.45, 7) is 3.84. The lowest BCUT2D eigenvalue weighted by molar-refractivity contribution is -0.137. The predicted molar refractivity (Wildman–Crippen MR) is 106 cm³/mol. The molecule has 1 N–H and O–H groups in total. The molecular formula is C20H27F3N4O3. The summed E-state index contributed by atoms with van der Waals surface area (Å²) >= 11 is 0. The molecular weight excluding hydrogens is 401 g/mol. The average Bonchev–Trinajstić information content (AvgIpc) is 3.07. The van der Waals surface area contributed by atoms with E-state index in [-0.39, 0.29) is 24.6 Å². The van der Waals surface area contributed by atoms with Crippen LogP contribution in [0.15, 0.2) is 18.2 Å². The van der Waals surface area contributed by atoms with E-state index in [1.165, 1.54) is 13.2 Å². The molecule has 0 aliphatic carbocycles. The maximum absolute atomic E-state index is 13.3. The number of likely N-dealkylation sites (N-methyl/N-ethyl adjacent to an activating group) is 1. The van der Waals surface area contributed by atoms with Crippen molar-refractivity contribution in [3.8, 4) is 0 Å². The van der Waals surface area contributed by atoms with Crippen LogP contribution in [0.5, 0.6) is 0 Å². The van der Waals surface area contributed by atoms with E-state index in [9.17, 15) is 22.8 Å². The Kier molecular flexibility index (Phi) is 6.87. The molecule has 1 aromatic rings. The Morgan fingerprint density at radius 2 is 1.93 bits per heavy atom. The van der Waals surface area contributed by atoms with Gasteiger partial charge in [-0.2, -0.15) is 13.2 Å². The number of halogens is 3. The number of ether oxygens (including phenoxy) is 1. The molecule has 2 amide bonds. The number of benzene rings is 1. The fraction of sp³-hybridized carbons (Fsp3) is 0.600. The van der Waals surface area contributed by atoms with Gasteiger partial charge in [0, 0.05) is 52.8 Å². The van der Waals surface area contributed by atoms with E-state index in [1.807, 2.05) is 11.9 Å². The van der Waals surface area contributed by atoms with Gasteiger partial charge in [0.15, 0.2) is 0 Å². The van der Waals surface area contributed by atoms with Crippen molar-refractivity contribution in [3.63, 3.8) is 0 Å². The first-order chi connectivity index (χ1) is 14.2. The van der Waals surface area contributed by atoms with E-state index in [0.29, 0.717) is 31.9 Å². The van der Waals surface area contributed by atoms with Gasteiger partial charge in [-0.05, 0) is 25.2 Å². The second-order valence-corrected chi connectivity index (χ2v) is 7.74. The fourth-order valence-corrected chi connectivity index (χ4v) is 3.74. The highest BCUT2D eigenvalue weighted by molar-refractivity contribution is 5.99. The van der Waals surface area contributed by atoms with Crippen LogP contribution in [0.2, 0.25) is 0 Å². The van der Waals surface area contributed by atoms with Crippen molar-refractivity contribution in [1.29, 1.82) is 0 Å². The first-order valence-corrected chi connectivity index (χ1v) is 9.91. The number of likely N-dealkylation sites (tertiary alicyclic amines) is 1. The van der Waals surface area contributed by atoms with Crippen LogP contribution in [0.3, 0.4) is 0 Å². The van der Waals surface area contributed by atoms with Crippen LogP contribution >= 0.6 is 0 Å². The SMILES string of the molecule is COCCN1CC(C(=O)Nc2cc(C(F)(F)F)ccc2N2CCN(C)CC2)CC1=O. The quantitative estimate of drug-likeness (QED) is 0.750. The Hall–Kier alpha value is -2.33. The summed E-state index contributed by atoms with van der Waals surface area (Å²) in [5, 5.41) is 2.67. The second-order valence-electron chi connectivity index (χ2n) is 7.74. The molecule has 1 atom stereocenters. The Bertz CT molecular complexity index is 779. The number of nitrogens with one attached hydrogen (secondary N) is 1. The van der Waals surface area contributed by atoms with Crippen molar-refractivity contribution in [2.24, 2.45) is 5.92 Å². The number of anilines is 2. The summed E-state index contributed by atoms with van der Waals surface area (Å²) in [6, 6.07) is 3.42. The van der Waals surface area contributed by atoms with Gasteiger partial charge < -0.3 is 24.8 Å². The van der Waals surface area contributed by atoms with Crippen LogP contribution < -0.4 is 10.2 Å². The fourth-order valence-electron chi connectivity index (χ4n) is 3.74. The molecule has 0 bridgehead atoms. The zero-order valence-electron chi connectivity index (χ0n) is 17.2. The Balaban J connectivity index is 1.79. The molecule has 2 aliphatic rings. The number of methoxy groups -OCH3 is 1. The number of rotatable bonds is 6. The van der Waals surface area contributed by atoms with Crippen molar-refractivity contribution < 1.29 is 27.5 Å². The molecule has 166 valence electrons. The Labute approximate surface area is 173 Å². The second kappa shape index (κ2) is 9.22. The van der Waals surface area contributed by atoms with E-state index in [0.717, 1.165) is 25.2 Å². The molecule has 2 fully saturated rings. The zero-order valence-corrected chi connectivity index (χ0v) is 17.2. The van der Waals surface area contributed by atoms with Crippen molar-refractivity contribution in [1.82, 2.24) is 9.80 Å². The molecule has 2 aliphatic heterocycles. The van der Waals surface area contributed by atoms with E-state index in [4.69, 9.17) is 4.74 Å². The number of nitrogens with zero attached hydrogens (tertiary/aromatic N) is 3. The minimum absolute atomic E-state index is 0.0400. The summed E-state index contributed by atoms with van der Waals surface area (Å²) in [7, 11) is 3.51. The van der Waals surface area contributed by atoms with Crippen LogP contribution in [0.25, 0.3) is 0 Å². The number of amides is 2. The zero-order chi connectivity index (χ0) is 21.9. The van der Waals surface area contributed by atoms with Crippen LogP contribution in [-0.4, -0.2) is 81.6 Å². The summed E-state index contributed by atoms with van der Waals surface area (Å²) in [5.74, 6) is -1.21. The Morgan fingerprint density at radius 1 is 1.23 bits per heavy atom. The summed E-state index contributed by atoms with van der Waals surface area (Å²) in [6.07, 6.45) is -4.47. The molecule has 1 aromatic carbocycles. The van der Waals surface area contributed by atoms with E-state index >= 15 is 0 Å². The molecule has 7 nitrogen and oxygen atoms in total. The molecule has 1 unspecified atom stereocenters. The molecule has 0 aromatic heterocycles. The average molecular weight is 428 g/mol. The first-order valence-electron chi connectivity index (χ1n) is 9.91. The Morgan fingerprint density at radius 3 is 2.57 bits per heavy atom. The van der Waals surface area contributed by atoms with Crippen LogP contribution in [0, 0.1) is 5.92 Å².